The molecule has 2 heterocycles. The number of benzene rings is 1. The van der Waals surface area contributed by atoms with E-state index in [-0.39, 0.29) is 6.04 Å². The minimum atomic E-state index is -4.34. The first-order valence-corrected chi connectivity index (χ1v) is 9.47. The molecule has 0 amide bonds. The first kappa shape index (κ1) is 19.2. The smallest absolute Gasteiger partial charge is 0.327 e. The summed E-state index contributed by atoms with van der Waals surface area (Å²) in [5.41, 5.74) is 0.594. The van der Waals surface area contributed by atoms with E-state index in [1.807, 2.05) is 0 Å². The van der Waals surface area contributed by atoms with Crippen molar-refractivity contribution in [3.8, 4) is 0 Å². The van der Waals surface area contributed by atoms with Gasteiger partial charge in [0.15, 0.2) is 0 Å². The van der Waals surface area contributed by atoms with Gasteiger partial charge in [-0.05, 0) is 63.6 Å². The summed E-state index contributed by atoms with van der Waals surface area (Å²) in [4.78, 5) is 6.95. The Hall–Kier alpha value is -1.60. The third-order valence-electron chi connectivity index (χ3n) is 5.23. The van der Waals surface area contributed by atoms with Gasteiger partial charge in [-0.3, -0.25) is 0 Å². The lowest BCUT2D eigenvalue weighted by atomic mass is 10.2. The number of imidazole rings is 1. The summed E-state index contributed by atoms with van der Waals surface area (Å²) in [5.74, 6) is 0.872. The van der Waals surface area contributed by atoms with Gasteiger partial charge in [0.2, 0.25) is 0 Å². The molecule has 1 aliphatic rings. The Morgan fingerprint density at radius 2 is 2.04 bits per heavy atom. The summed E-state index contributed by atoms with van der Waals surface area (Å²) >= 11 is 0. The van der Waals surface area contributed by atoms with Crippen LogP contribution in [0.3, 0.4) is 0 Å². The normalized spacial score (nSPS) is 18.3. The Balaban J connectivity index is 1.91. The average molecular weight is 368 g/mol. The largest absolute Gasteiger partial charge is 0.416 e. The van der Waals surface area contributed by atoms with Crippen LogP contribution in [0.2, 0.25) is 0 Å². The highest BCUT2D eigenvalue weighted by atomic mass is 19.4. The highest BCUT2D eigenvalue weighted by Gasteiger charge is 2.31. The summed E-state index contributed by atoms with van der Waals surface area (Å²) < 4.78 is 41.2. The van der Waals surface area contributed by atoms with Crippen molar-refractivity contribution in [1.82, 2.24) is 19.8 Å². The number of halogens is 3. The van der Waals surface area contributed by atoms with Gasteiger partial charge in [0, 0.05) is 6.54 Å². The van der Waals surface area contributed by atoms with Crippen molar-refractivity contribution >= 4 is 11.0 Å². The van der Waals surface area contributed by atoms with Crippen LogP contribution in [0.1, 0.15) is 50.5 Å². The molecule has 0 saturated carbocycles. The van der Waals surface area contributed by atoms with Crippen LogP contribution in [0.5, 0.6) is 0 Å². The maximum Gasteiger partial charge on any atom is 0.416 e. The molecule has 3 rings (SSSR count). The van der Waals surface area contributed by atoms with Gasteiger partial charge >= 0.3 is 6.18 Å². The topological polar surface area (TPSA) is 33.1 Å². The van der Waals surface area contributed by atoms with Gasteiger partial charge in [0.25, 0.3) is 0 Å². The standard InChI is InChI=1S/C19H27F3N4/c1-3-25(4-2)11-6-12-26-17-9-8-14(19(20,21)22)13-16(17)24-18(26)15-7-5-10-23-15/h8-9,13,15,23H,3-7,10-12H2,1-2H3. The number of hydrogen-bond acceptors (Lipinski definition) is 3. The highest BCUT2D eigenvalue weighted by molar-refractivity contribution is 5.77. The second kappa shape index (κ2) is 7.96. The zero-order chi connectivity index (χ0) is 18.7. The third kappa shape index (κ3) is 4.04. The predicted octanol–water partition coefficient (Wildman–Crippen LogP) is 4.21. The molecule has 26 heavy (non-hydrogen) atoms. The molecular weight excluding hydrogens is 341 g/mol. The van der Waals surface area contributed by atoms with Crippen molar-refractivity contribution < 1.29 is 13.2 Å². The van der Waals surface area contributed by atoms with Gasteiger partial charge in [-0.25, -0.2) is 4.98 Å². The van der Waals surface area contributed by atoms with E-state index in [2.05, 4.69) is 33.6 Å². The summed E-state index contributed by atoms with van der Waals surface area (Å²) in [6, 6.07) is 4.04. The maximum atomic E-state index is 13.0. The quantitative estimate of drug-likeness (QED) is 0.795. The molecule has 1 aromatic heterocycles. The first-order chi connectivity index (χ1) is 12.4. The zero-order valence-corrected chi connectivity index (χ0v) is 15.4. The molecular formula is C19H27F3N4. The third-order valence-corrected chi connectivity index (χ3v) is 5.23. The molecule has 0 bridgehead atoms. The molecule has 144 valence electrons. The number of rotatable bonds is 7. The lowest BCUT2D eigenvalue weighted by Gasteiger charge is -2.19. The molecule has 1 aromatic carbocycles. The van der Waals surface area contributed by atoms with Crippen LogP contribution in [0.15, 0.2) is 18.2 Å². The van der Waals surface area contributed by atoms with E-state index < -0.39 is 11.7 Å². The molecule has 1 saturated heterocycles. The summed E-state index contributed by atoms with van der Waals surface area (Å²) in [5, 5.41) is 3.42. The van der Waals surface area contributed by atoms with Gasteiger partial charge in [-0.2, -0.15) is 13.2 Å². The summed E-state index contributed by atoms with van der Waals surface area (Å²) in [6.07, 6.45) is -1.34. The molecule has 1 aliphatic heterocycles. The SMILES string of the molecule is CCN(CC)CCCn1c(C2CCCN2)nc2cc(C(F)(F)F)ccc21. The Morgan fingerprint density at radius 3 is 2.65 bits per heavy atom. The van der Waals surface area contributed by atoms with Crippen molar-refractivity contribution in [2.45, 2.75) is 51.9 Å². The Bertz CT molecular complexity index is 728. The predicted molar refractivity (Wildman–Crippen MR) is 97.1 cm³/mol. The van der Waals surface area contributed by atoms with Crippen molar-refractivity contribution in [3.63, 3.8) is 0 Å². The van der Waals surface area contributed by atoms with Gasteiger partial charge in [-0.15, -0.1) is 0 Å². The molecule has 1 fully saturated rings. The number of hydrogen-bond donors (Lipinski definition) is 1. The van der Waals surface area contributed by atoms with Crippen LogP contribution in [0, 0.1) is 0 Å². The highest BCUT2D eigenvalue weighted by Crippen LogP contribution is 2.33. The van der Waals surface area contributed by atoms with Crippen LogP contribution in [0.4, 0.5) is 13.2 Å². The number of alkyl halides is 3. The van der Waals surface area contributed by atoms with Crippen LogP contribution in [-0.2, 0) is 12.7 Å². The Kier molecular flexibility index (Phi) is 5.87. The number of fused-ring (bicyclic) bond motifs is 1. The molecule has 0 aliphatic carbocycles. The monoisotopic (exact) mass is 368 g/mol. The number of aromatic nitrogens is 2. The second-order valence-corrected chi connectivity index (χ2v) is 6.85. The lowest BCUT2D eigenvalue weighted by molar-refractivity contribution is -0.137. The molecule has 2 aromatic rings. The van der Waals surface area contributed by atoms with E-state index >= 15 is 0 Å². The van der Waals surface area contributed by atoms with Crippen molar-refractivity contribution in [1.29, 1.82) is 0 Å². The van der Waals surface area contributed by atoms with E-state index in [9.17, 15) is 13.2 Å². The number of aryl methyl sites for hydroxylation is 1. The lowest BCUT2D eigenvalue weighted by Crippen LogP contribution is -2.25. The number of nitrogens with one attached hydrogen (secondary N) is 1. The summed E-state index contributed by atoms with van der Waals surface area (Å²) in [6.45, 7) is 8.98. The maximum absolute atomic E-state index is 13.0. The number of nitrogens with zero attached hydrogens (tertiary/aromatic N) is 3. The van der Waals surface area contributed by atoms with Crippen LogP contribution < -0.4 is 5.32 Å². The van der Waals surface area contributed by atoms with Gasteiger partial charge in [-0.1, -0.05) is 13.8 Å². The van der Waals surface area contributed by atoms with E-state index in [4.69, 9.17) is 0 Å². The Morgan fingerprint density at radius 1 is 1.27 bits per heavy atom. The van der Waals surface area contributed by atoms with Gasteiger partial charge in [0.1, 0.15) is 5.82 Å². The molecule has 4 nitrogen and oxygen atoms in total. The fourth-order valence-electron chi connectivity index (χ4n) is 3.72. The minimum Gasteiger partial charge on any atom is -0.327 e. The van der Waals surface area contributed by atoms with E-state index in [1.165, 1.54) is 6.07 Å². The van der Waals surface area contributed by atoms with Gasteiger partial charge < -0.3 is 14.8 Å². The average Bonchev–Trinajstić information content (AvgIpc) is 3.25. The fraction of sp³-hybridized carbons (Fsp3) is 0.632. The summed E-state index contributed by atoms with van der Waals surface area (Å²) in [7, 11) is 0. The second-order valence-electron chi connectivity index (χ2n) is 6.85. The molecule has 0 radical (unpaired) electrons. The molecule has 7 heteroatoms. The molecule has 1 N–H and O–H groups in total. The Labute approximate surface area is 152 Å². The van der Waals surface area contributed by atoms with Crippen molar-refractivity contribution in [2.75, 3.05) is 26.2 Å². The van der Waals surface area contributed by atoms with E-state index in [0.29, 0.717) is 5.52 Å². The van der Waals surface area contributed by atoms with Crippen molar-refractivity contribution in [2.24, 2.45) is 0 Å². The van der Waals surface area contributed by atoms with Crippen LogP contribution in [0.25, 0.3) is 11.0 Å². The molecule has 1 atom stereocenters. The van der Waals surface area contributed by atoms with E-state index in [1.54, 1.807) is 6.07 Å². The van der Waals surface area contributed by atoms with Crippen molar-refractivity contribution in [3.05, 3.63) is 29.6 Å². The van der Waals surface area contributed by atoms with Gasteiger partial charge in [0.05, 0.1) is 22.6 Å². The first-order valence-electron chi connectivity index (χ1n) is 9.47. The zero-order valence-electron chi connectivity index (χ0n) is 15.4. The molecule has 0 spiro atoms. The minimum absolute atomic E-state index is 0.130. The van der Waals surface area contributed by atoms with Crippen LogP contribution in [-0.4, -0.2) is 40.6 Å². The van der Waals surface area contributed by atoms with Crippen LogP contribution >= 0.6 is 0 Å². The molecule has 1 unspecified atom stereocenters. The fourth-order valence-corrected chi connectivity index (χ4v) is 3.72. The van der Waals surface area contributed by atoms with E-state index in [0.717, 1.165) is 69.4 Å².